The maximum atomic E-state index is 13.0. The number of rotatable bonds is 7. The molecule has 0 atom stereocenters. The summed E-state index contributed by atoms with van der Waals surface area (Å²) in [5.41, 5.74) is 1.87. The zero-order valence-electron chi connectivity index (χ0n) is 28.1. The van der Waals surface area contributed by atoms with Crippen molar-refractivity contribution < 1.29 is 36.3 Å². The number of amides is 3. The van der Waals surface area contributed by atoms with Crippen molar-refractivity contribution in [2.24, 2.45) is 0 Å². The average Bonchev–Trinajstić information content (AvgIpc) is 3.56. The third kappa shape index (κ3) is 15.7. The van der Waals surface area contributed by atoms with Crippen LogP contribution in [0.3, 0.4) is 0 Å². The Morgan fingerprint density at radius 1 is 1.08 bits per heavy atom. The van der Waals surface area contributed by atoms with Gasteiger partial charge < -0.3 is 10.2 Å². The Balaban J connectivity index is 0.000000364. The number of nitrogens with one attached hydrogen (secondary N) is 1. The Labute approximate surface area is 284 Å². The van der Waals surface area contributed by atoms with Gasteiger partial charge in [0.05, 0.1) is 36.9 Å². The number of aryl methyl sites for hydroxylation is 1. The molecule has 3 aromatic rings. The highest BCUT2D eigenvalue weighted by molar-refractivity contribution is 5.94. The van der Waals surface area contributed by atoms with E-state index in [1.807, 2.05) is 19.9 Å². The van der Waals surface area contributed by atoms with Crippen LogP contribution < -0.4 is 15.1 Å². The van der Waals surface area contributed by atoms with Gasteiger partial charge in [-0.05, 0) is 55.5 Å². The standard InChI is InChI=1S/C15H18F3NO.C10H9N3O.C7H7FN2O.C2H6.CH3F/c16-12-4-1-11(2-5-12)3-6-14(20)19-13-7-9-15(17,18)10-8-13;11-7-8-3-4-12-9(6-8)13-5-1-2-10(13)14;1-10(5-11)7-2-6(8)3-9-4-7;2*1-2/h1-2,4-5,13H,3,6-10H2,(H,19,20);3-4,6H,1-2,5H2;2-5H,1H3;1-2H3;1H3. The Morgan fingerprint density at radius 2 is 1.73 bits per heavy atom. The molecule has 0 radical (unpaired) electrons. The molecular weight excluding hydrogens is 647 g/mol. The van der Waals surface area contributed by atoms with Gasteiger partial charge in [0.1, 0.15) is 17.5 Å². The van der Waals surface area contributed by atoms with Gasteiger partial charge in [-0.2, -0.15) is 5.26 Å². The number of anilines is 2. The van der Waals surface area contributed by atoms with Gasteiger partial charge in [-0.3, -0.25) is 28.7 Å². The van der Waals surface area contributed by atoms with E-state index in [0.29, 0.717) is 69.3 Å². The van der Waals surface area contributed by atoms with E-state index in [0.717, 1.165) is 18.2 Å². The van der Waals surface area contributed by atoms with Crippen molar-refractivity contribution >= 4 is 29.7 Å². The zero-order chi connectivity index (χ0) is 36.8. The molecule has 1 saturated carbocycles. The summed E-state index contributed by atoms with van der Waals surface area (Å²) in [5.74, 6) is -2.78. The fraction of sp³-hybridized carbons (Fsp3) is 0.429. The van der Waals surface area contributed by atoms with Crippen molar-refractivity contribution in [1.29, 1.82) is 5.26 Å². The van der Waals surface area contributed by atoms with Crippen LogP contribution >= 0.6 is 0 Å². The minimum atomic E-state index is -2.57. The predicted molar refractivity (Wildman–Crippen MR) is 178 cm³/mol. The molecule has 1 aliphatic heterocycles. The van der Waals surface area contributed by atoms with E-state index in [4.69, 9.17) is 5.26 Å². The number of carbonyl (C=O) groups is 3. The first-order valence-corrected chi connectivity index (χ1v) is 15.7. The Morgan fingerprint density at radius 3 is 2.29 bits per heavy atom. The summed E-state index contributed by atoms with van der Waals surface area (Å²) in [4.78, 5) is 43.8. The van der Waals surface area contributed by atoms with Crippen LogP contribution in [0, 0.1) is 23.0 Å². The molecule has 0 bridgehead atoms. The van der Waals surface area contributed by atoms with E-state index in [1.165, 1.54) is 36.3 Å². The van der Waals surface area contributed by atoms with Crippen LogP contribution in [0.4, 0.5) is 33.5 Å². The van der Waals surface area contributed by atoms with Crippen molar-refractivity contribution in [3.05, 3.63) is 83.8 Å². The Hall–Kier alpha value is -4.93. The Kier molecular flexibility index (Phi) is 19.4. The summed E-state index contributed by atoms with van der Waals surface area (Å²) in [6.45, 7) is 4.71. The fourth-order valence-electron chi connectivity index (χ4n) is 4.57. The maximum Gasteiger partial charge on any atom is 0.248 e. The maximum absolute atomic E-state index is 13.0. The molecule has 14 heteroatoms. The van der Waals surface area contributed by atoms with Crippen LogP contribution in [0.15, 0.2) is 61.1 Å². The van der Waals surface area contributed by atoms with Gasteiger partial charge in [0.2, 0.25) is 24.1 Å². The first-order chi connectivity index (χ1) is 23.5. The smallest absolute Gasteiger partial charge is 0.248 e. The lowest BCUT2D eigenvalue weighted by molar-refractivity contribution is -0.123. The number of alkyl halides is 3. The van der Waals surface area contributed by atoms with E-state index in [2.05, 4.69) is 15.3 Å². The van der Waals surface area contributed by atoms with Crippen LogP contribution in [0.25, 0.3) is 0 Å². The summed E-state index contributed by atoms with van der Waals surface area (Å²) < 4.78 is 60.6. The first-order valence-electron chi connectivity index (χ1n) is 15.7. The first kappa shape index (κ1) is 42.1. The van der Waals surface area contributed by atoms with Crippen molar-refractivity contribution in [2.45, 2.75) is 77.2 Å². The van der Waals surface area contributed by atoms with Crippen LogP contribution in [-0.4, -0.2) is 60.9 Å². The number of halogens is 5. The largest absolute Gasteiger partial charge is 0.353 e. The number of aromatic nitrogens is 2. The molecular formula is C35H43F5N6O3. The topological polar surface area (TPSA) is 119 Å². The lowest BCUT2D eigenvalue weighted by Gasteiger charge is -2.28. The molecule has 0 unspecified atom stereocenters. The van der Waals surface area contributed by atoms with E-state index >= 15 is 0 Å². The lowest BCUT2D eigenvalue weighted by atomic mass is 9.92. The molecule has 49 heavy (non-hydrogen) atoms. The van der Waals surface area contributed by atoms with Gasteiger partial charge in [0, 0.05) is 57.6 Å². The summed E-state index contributed by atoms with van der Waals surface area (Å²) in [6.07, 6.45) is 7.26. The number of hydrogen-bond acceptors (Lipinski definition) is 6. The molecule has 1 aromatic carbocycles. The van der Waals surface area contributed by atoms with Gasteiger partial charge in [-0.1, -0.05) is 26.0 Å². The summed E-state index contributed by atoms with van der Waals surface area (Å²) in [5, 5.41) is 11.5. The molecule has 2 aliphatic rings. The second-order valence-corrected chi connectivity index (χ2v) is 10.6. The van der Waals surface area contributed by atoms with Crippen LogP contribution in [0.5, 0.6) is 0 Å². The zero-order valence-corrected chi connectivity index (χ0v) is 28.1. The molecule has 1 N–H and O–H groups in total. The minimum Gasteiger partial charge on any atom is -0.353 e. The molecule has 1 saturated heterocycles. The third-order valence-electron chi connectivity index (χ3n) is 7.12. The highest BCUT2D eigenvalue weighted by Gasteiger charge is 2.35. The van der Waals surface area contributed by atoms with E-state index in [-0.39, 0.29) is 36.5 Å². The molecule has 3 heterocycles. The average molecular weight is 691 g/mol. The van der Waals surface area contributed by atoms with Crippen molar-refractivity contribution in [1.82, 2.24) is 15.3 Å². The monoisotopic (exact) mass is 690 g/mol. The summed E-state index contributed by atoms with van der Waals surface area (Å²) in [6, 6.07) is 12.4. The van der Waals surface area contributed by atoms with Crippen LogP contribution in [-0.2, 0) is 20.8 Å². The Bertz CT molecular complexity index is 1480. The fourth-order valence-corrected chi connectivity index (χ4v) is 4.57. The van der Waals surface area contributed by atoms with Crippen molar-refractivity contribution in [3.63, 3.8) is 0 Å². The molecule has 1 aliphatic carbocycles. The van der Waals surface area contributed by atoms with E-state index in [9.17, 15) is 36.3 Å². The predicted octanol–water partition coefficient (Wildman–Crippen LogP) is 6.96. The van der Waals surface area contributed by atoms with Gasteiger partial charge in [0.25, 0.3) is 0 Å². The van der Waals surface area contributed by atoms with E-state index in [1.54, 1.807) is 35.4 Å². The van der Waals surface area contributed by atoms with Gasteiger partial charge in [0.15, 0.2) is 0 Å². The highest BCUT2D eigenvalue weighted by atomic mass is 19.3. The number of benzene rings is 1. The van der Waals surface area contributed by atoms with Crippen molar-refractivity contribution in [2.75, 3.05) is 30.6 Å². The molecule has 266 valence electrons. The quantitative estimate of drug-likeness (QED) is 0.212. The molecule has 2 aromatic heterocycles. The second-order valence-electron chi connectivity index (χ2n) is 10.6. The molecule has 3 amide bonds. The third-order valence-corrected chi connectivity index (χ3v) is 7.12. The SMILES string of the molecule is CC.CF.CN(C=O)c1cncc(F)c1.N#Cc1ccnc(N2CCCC2=O)c1.O=C(CCc1ccc(F)cc1)NC1CCC(F)(F)CC1. The molecule has 9 nitrogen and oxygen atoms in total. The normalized spacial score (nSPS) is 14.4. The minimum absolute atomic E-state index is 0.0904. The molecule has 0 spiro atoms. The number of nitrogens with zero attached hydrogens (tertiary/aromatic N) is 5. The van der Waals surface area contributed by atoms with Crippen LogP contribution in [0.2, 0.25) is 0 Å². The lowest BCUT2D eigenvalue weighted by Crippen LogP contribution is -2.40. The highest BCUT2D eigenvalue weighted by Crippen LogP contribution is 2.33. The summed E-state index contributed by atoms with van der Waals surface area (Å²) >= 11 is 0. The molecule has 2 fully saturated rings. The summed E-state index contributed by atoms with van der Waals surface area (Å²) in [7, 11) is 2.03. The van der Waals surface area contributed by atoms with Crippen LogP contribution in [0.1, 0.15) is 69.9 Å². The second kappa shape index (κ2) is 22.6. The van der Waals surface area contributed by atoms with Gasteiger partial charge in [-0.15, -0.1) is 0 Å². The van der Waals surface area contributed by atoms with E-state index < -0.39 is 11.7 Å². The van der Waals surface area contributed by atoms with Crippen molar-refractivity contribution in [3.8, 4) is 6.07 Å². The van der Waals surface area contributed by atoms with Gasteiger partial charge >= 0.3 is 0 Å². The number of hydrogen-bond donors (Lipinski definition) is 1. The number of nitriles is 1. The molecule has 5 rings (SSSR count). The number of pyridine rings is 2. The number of carbonyl (C=O) groups excluding carboxylic acids is 3. The van der Waals surface area contributed by atoms with Gasteiger partial charge in [-0.25, -0.2) is 22.5 Å².